The van der Waals surface area contributed by atoms with Gasteiger partial charge in [-0.1, -0.05) is 0 Å². The minimum atomic E-state index is -0.723. The normalized spacial score (nSPS) is 18.7. The Hall–Kier alpha value is -1.80. The molecule has 7 nitrogen and oxygen atoms in total. The average Bonchev–Trinajstić information content (AvgIpc) is 2.67. The molecule has 8 heteroatoms. The van der Waals surface area contributed by atoms with Gasteiger partial charge in [0.2, 0.25) is 0 Å². The van der Waals surface area contributed by atoms with Gasteiger partial charge in [0.15, 0.2) is 0 Å². The summed E-state index contributed by atoms with van der Waals surface area (Å²) < 4.78 is 23.9. The molecule has 0 saturated carbocycles. The van der Waals surface area contributed by atoms with Gasteiger partial charge in [0.1, 0.15) is 17.9 Å². The van der Waals surface area contributed by atoms with Crippen LogP contribution < -0.4 is 15.8 Å². The average molecular weight is 365 g/mol. The van der Waals surface area contributed by atoms with Crippen molar-refractivity contribution < 1.29 is 23.6 Å². The number of carbonyl (C=O) groups is 1. The van der Waals surface area contributed by atoms with Crippen LogP contribution in [0.4, 0.5) is 0 Å². The molecule has 0 atom stereocenters. The number of hydrogen-bond acceptors (Lipinski definition) is 6. The maximum absolute atomic E-state index is 12.5. The molecule has 0 aliphatic carbocycles. The summed E-state index contributed by atoms with van der Waals surface area (Å²) in [4.78, 5) is 24.5. The van der Waals surface area contributed by atoms with E-state index in [-0.39, 0.29) is 12.1 Å². The van der Waals surface area contributed by atoms with Crippen LogP contribution in [-0.2, 0) is 25.4 Å². The number of carbonyl (C=O) groups excluding carboxylic acids is 1. The Kier molecular flexibility index (Phi) is 5.32. The zero-order chi connectivity index (χ0) is 19.9. The lowest BCUT2D eigenvalue weighted by molar-refractivity contribution is -0.155. The zero-order valence-corrected chi connectivity index (χ0v) is 16.8. The Morgan fingerprint density at radius 1 is 1.19 bits per heavy atom. The van der Waals surface area contributed by atoms with Crippen molar-refractivity contribution in [1.82, 2.24) is 4.57 Å². The van der Waals surface area contributed by atoms with Crippen LogP contribution in [0.25, 0.3) is 0 Å². The first kappa shape index (κ1) is 20.5. The van der Waals surface area contributed by atoms with E-state index >= 15 is 0 Å². The molecule has 26 heavy (non-hydrogen) atoms. The molecule has 2 rings (SSSR count). The van der Waals surface area contributed by atoms with Gasteiger partial charge in [-0.15, -0.1) is 0 Å². The molecule has 0 unspecified atom stereocenters. The Balaban J connectivity index is 2.31. The second kappa shape index (κ2) is 6.74. The van der Waals surface area contributed by atoms with Crippen molar-refractivity contribution in [3.8, 4) is 5.75 Å². The summed E-state index contributed by atoms with van der Waals surface area (Å²) in [6.07, 6.45) is 1.48. The molecule has 2 heterocycles. The third-order valence-corrected chi connectivity index (χ3v) is 4.57. The third kappa shape index (κ3) is 4.30. The first-order valence-corrected chi connectivity index (χ1v) is 8.61. The van der Waals surface area contributed by atoms with Crippen molar-refractivity contribution in [2.75, 3.05) is 7.11 Å². The van der Waals surface area contributed by atoms with Gasteiger partial charge < -0.3 is 23.3 Å². The highest BCUT2D eigenvalue weighted by Crippen LogP contribution is 2.37. The Morgan fingerprint density at radius 2 is 1.73 bits per heavy atom. The fourth-order valence-corrected chi connectivity index (χ4v) is 2.53. The van der Waals surface area contributed by atoms with Crippen LogP contribution in [0.15, 0.2) is 17.1 Å². The maximum Gasteiger partial charge on any atom is 0.498 e. The summed E-state index contributed by atoms with van der Waals surface area (Å²) in [7, 11) is 0.769. The maximum atomic E-state index is 12.5. The number of methoxy groups -OCH3 is 1. The molecule has 0 aromatic carbocycles. The molecule has 0 bridgehead atoms. The van der Waals surface area contributed by atoms with Crippen molar-refractivity contribution in [1.29, 1.82) is 0 Å². The molecule has 1 aromatic rings. The van der Waals surface area contributed by atoms with E-state index in [9.17, 15) is 9.59 Å². The Labute approximate surface area is 154 Å². The van der Waals surface area contributed by atoms with Crippen LogP contribution in [-0.4, -0.2) is 41.6 Å². The van der Waals surface area contributed by atoms with Crippen LogP contribution in [0.1, 0.15) is 48.5 Å². The molecular formula is C18H28BNO6. The molecule has 1 aromatic heterocycles. The predicted octanol–water partition coefficient (Wildman–Crippen LogP) is 1.50. The minimum Gasteiger partial charge on any atom is -0.496 e. The van der Waals surface area contributed by atoms with E-state index in [1.165, 1.54) is 23.9 Å². The molecule has 0 amide bonds. The number of ether oxygens (including phenoxy) is 2. The number of pyridine rings is 1. The Bertz CT molecular complexity index is 731. The summed E-state index contributed by atoms with van der Waals surface area (Å²) >= 11 is 0. The van der Waals surface area contributed by atoms with E-state index < -0.39 is 29.9 Å². The smallest absolute Gasteiger partial charge is 0.496 e. The number of rotatable bonds is 4. The van der Waals surface area contributed by atoms with Crippen LogP contribution in [0.2, 0.25) is 0 Å². The van der Waals surface area contributed by atoms with Crippen molar-refractivity contribution >= 4 is 18.6 Å². The van der Waals surface area contributed by atoms with Crippen molar-refractivity contribution in [2.45, 2.75) is 71.8 Å². The number of nitrogens with zero attached hydrogens (tertiary/aromatic N) is 1. The summed E-state index contributed by atoms with van der Waals surface area (Å²) in [6, 6.07) is 1.38. The highest BCUT2D eigenvalue weighted by atomic mass is 16.7. The van der Waals surface area contributed by atoms with Crippen LogP contribution in [0, 0.1) is 0 Å². The summed E-state index contributed by atoms with van der Waals surface area (Å²) in [5.41, 5.74) is -1.55. The standard InChI is InChI=1S/C18H28BNO6/c1-16(2,3)24-15(22)11-20-10-13(23-8)12(9-14(20)21)19-25-17(4,5)18(6,7)26-19/h9-10H,11H2,1-8H3. The first-order valence-electron chi connectivity index (χ1n) is 8.61. The highest BCUT2D eigenvalue weighted by molar-refractivity contribution is 6.63. The van der Waals surface area contributed by atoms with E-state index in [1.54, 1.807) is 20.8 Å². The van der Waals surface area contributed by atoms with E-state index in [0.29, 0.717) is 11.2 Å². The lowest BCUT2D eigenvalue weighted by atomic mass is 9.79. The predicted molar refractivity (Wildman–Crippen MR) is 98.8 cm³/mol. The molecule has 1 aliphatic heterocycles. The molecule has 1 fully saturated rings. The van der Waals surface area contributed by atoms with Gasteiger partial charge in [-0.05, 0) is 48.5 Å². The molecule has 1 aliphatic rings. The van der Waals surface area contributed by atoms with Crippen LogP contribution in [0.3, 0.4) is 0 Å². The molecule has 1 saturated heterocycles. The molecule has 0 N–H and O–H groups in total. The highest BCUT2D eigenvalue weighted by Gasteiger charge is 2.52. The summed E-state index contributed by atoms with van der Waals surface area (Å²) in [5, 5.41) is 0. The lowest BCUT2D eigenvalue weighted by Gasteiger charge is -2.32. The van der Waals surface area contributed by atoms with Crippen molar-refractivity contribution in [3.05, 3.63) is 22.6 Å². The first-order chi connectivity index (χ1) is 11.8. The van der Waals surface area contributed by atoms with E-state index in [1.807, 2.05) is 27.7 Å². The molecular weight excluding hydrogens is 337 g/mol. The monoisotopic (exact) mass is 365 g/mol. The largest absolute Gasteiger partial charge is 0.498 e. The lowest BCUT2D eigenvalue weighted by Crippen LogP contribution is -2.41. The fraction of sp³-hybridized carbons (Fsp3) is 0.667. The molecule has 0 spiro atoms. The van der Waals surface area contributed by atoms with Gasteiger partial charge in [0.05, 0.1) is 18.3 Å². The van der Waals surface area contributed by atoms with Crippen LogP contribution in [0.5, 0.6) is 5.75 Å². The second-order valence-electron chi connectivity index (χ2n) is 8.44. The number of hydrogen-bond donors (Lipinski definition) is 0. The van der Waals surface area contributed by atoms with E-state index in [0.717, 1.165) is 0 Å². The van der Waals surface area contributed by atoms with Crippen molar-refractivity contribution in [3.63, 3.8) is 0 Å². The van der Waals surface area contributed by atoms with Gasteiger partial charge in [-0.2, -0.15) is 0 Å². The van der Waals surface area contributed by atoms with Crippen molar-refractivity contribution in [2.24, 2.45) is 0 Å². The topological polar surface area (TPSA) is 76.0 Å². The van der Waals surface area contributed by atoms with Gasteiger partial charge >= 0.3 is 13.1 Å². The Morgan fingerprint density at radius 3 is 2.19 bits per heavy atom. The molecule has 0 radical (unpaired) electrons. The van der Waals surface area contributed by atoms with Gasteiger partial charge in [-0.25, -0.2) is 0 Å². The fourth-order valence-electron chi connectivity index (χ4n) is 2.53. The van der Waals surface area contributed by atoms with Crippen LogP contribution >= 0.6 is 0 Å². The quantitative estimate of drug-likeness (QED) is 0.595. The van der Waals surface area contributed by atoms with Gasteiger partial charge in [0.25, 0.3) is 5.56 Å². The number of esters is 1. The van der Waals surface area contributed by atoms with E-state index in [2.05, 4.69) is 0 Å². The second-order valence-corrected chi connectivity index (χ2v) is 8.44. The molecule has 144 valence electrons. The van der Waals surface area contributed by atoms with Gasteiger partial charge in [-0.3, -0.25) is 9.59 Å². The number of aromatic nitrogens is 1. The van der Waals surface area contributed by atoms with E-state index in [4.69, 9.17) is 18.8 Å². The van der Waals surface area contributed by atoms with Gasteiger partial charge in [0, 0.05) is 17.7 Å². The summed E-state index contributed by atoms with van der Waals surface area (Å²) in [5.74, 6) is -0.0864. The summed E-state index contributed by atoms with van der Waals surface area (Å²) in [6.45, 7) is 12.9. The zero-order valence-electron chi connectivity index (χ0n) is 16.8. The SMILES string of the molecule is COc1cn(CC(=O)OC(C)(C)C)c(=O)cc1B1OC(C)(C)C(C)(C)O1. The third-order valence-electron chi connectivity index (χ3n) is 4.57. The minimum absolute atomic E-state index is 0.198.